The van der Waals surface area contributed by atoms with Gasteiger partial charge in [-0.1, -0.05) is 52.3 Å². The molecule has 0 aliphatic rings. The molecule has 4 nitrogen and oxygen atoms in total. The molecule has 28 heavy (non-hydrogen) atoms. The average Bonchev–Trinajstić information content (AvgIpc) is 2.68. The summed E-state index contributed by atoms with van der Waals surface area (Å²) in [5.74, 6) is 0.384. The van der Waals surface area contributed by atoms with Crippen molar-refractivity contribution in [2.24, 2.45) is 5.10 Å². The molecule has 0 radical (unpaired) electrons. The summed E-state index contributed by atoms with van der Waals surface area (Å²) in [5.41, 5.74) is 4.91. The number of hydrazone groups is 1. The predicted octanol–water partition coefficient (Wildman–Crippen LogP) is 6.16. The molecule has 0 saturated carbocycles. The van der Waals surface area contributed by atoms with Crippen molar-refractivity contribution < 1.29 is 9.53 Å². The molecular weight excluding hydrogens is 599 g/mol. The second-order valence-corrected chi connectivity index (χ2v) is 8.81. The number of halogens is 3. The SMILES string of the molecule is O=C(N/N=C\c1cc(Br)cc(Br)c1OCc1ccccc1)c1cccc(I)c1. The zero-order valence-corrected chi connectivity index (χ0v) is 19.9. The molecular formula is C21H15Br2IN2O2. The van der Waals surface area contributed by atoms with Gasteiger partial charge >= 0.3 is 0 Å². The highest BCUT2D eigenvalue weighted by Gasteiger charge is 2.10. The van der Waals surface area contributed by atoms with Crippen LogP contribution in [0, 0.1) is 3.57 Å². The Kier molecular flexibility index (Phi) is 7.64. The van der Waals surface area contributed by atoms with E-state index in [1.165, 1.54) is 0 Å². The van der Waals surface area contributed by atoms with Crippen LogP contribution in [-0.2, 0) is 6.61 Å². The van der Waals surface area contributed by atoms with E-state index in [2.05, 4.69) is 65.0 Å². The Labute approximate surface area is 193 Å². The Morgan fingerprint density at radius 1 is 1.07 bits per heavy atom. The molecule has 7 heteroatoms. The van der Waals surface area contributed by atoms with Crippen molar-refractivity contribution >= 4 is 66.6 Å². The smallest absolute Gasteiger partial charge is 0.271 e. The van der Waals surface area contributed by atoms with E-state index in [1.54, 1.807) is 18.3 Å². The third-order valence-electron chi connectivity index (χ3n) is 3.72. The monoisotopic (exact) mass is 612 g/mol. The van der Waals surface area contributed by atoms with E-state index in [1.807, 2.05) is 54.6 Å². The maximum atomic E-state index is 12.2. The summed E-state index contributed by atoms with van der Waals surface area (Å²) in [6.45, 7) is 0.427. The van der Waals surface area contributed by atoms with Gasteiger partial charge in [0.2, 0.25) is 0 Å². The number of carbonyl (C=O) groups is 1. The Hall–Kier alpha value is -1.71. The van der Waals surface area contributed by atoms with Gasteiger partial charge in [-0.15, -0.1) is 0 Å². The van der Waals surface area contributed by atoms with Crippen LogP contribution in [0.15, 0.2) is 80.8 Å². The summed E-state index contributed by atoms with van der Waals surface area (Å²) >= 11 is 9.17. The Balaban J connectivity index is 1.75. The van der Waals surface area contributed by atoms with Crippen molar-refractivity contribution in [3.63, 3.8) is 0 Å². The van der Waals surface area contributed by atoms with Gasteiger partial charge in [0.15, 0.2) is 0 Å². The number of hydrogen-bond acceptors (Lipinski definition) is 3. The van der Waals surface area contributed by atoms with Gasteiger partial charge in [0.25, 0.3) is 5.91 Å². The van der Waals surface area contributed by atoms with E-state index >= 15 is 0 Å². The maximum Gasteiger partial charge on any atom is 0.271 e. The zero-order valence-electron chi connectivity index (χ0n) is 14.5. The first kappa shape index (κ1) is 21.0. The molecule has 0 spiro atoms. The molecule has 0 bridgehead atoms. The Morgan fingerprint density at radius 2 is 1.86 bits per heavy atom. The fourth-order valence-electron chi connectivity index (χ4n) is 2.41. The zero-order chi connectivity index (χ0) is 19.9. The van der Waals surface area contributed by atoms with E-state index < -0.39 is 0 Å². The highest BCUT2D eigenvalue weighted by molar-refractivity contribution is 14.1. The number of benzene rings is 3. The molecule has 3 aromatic carbocycles. The summed E-state index contributed by atoms with van der Waals surface area (Å²) in [6, 6.07) is 21.0. The van der Waals surface area contributed by atoms with E-state index in [-0.39, 0.29) is 5.91 Å². The maximum absolute atomic E-state index is 12.2. The van der Waals surface area contributed by atoms with Gasteiger partial charge in [-0.25, -0.2) is 5.43 Å². The normalized spacial score (nSPS) is 10.8. The van der Waals surface area contributed by atoms with Crippen LogP contribution in [0.25, 0.3) is 0 Å². The van der Waals surface area contributed by atoms with Gasteiger partial charge in [-0.2, -0.15) is 5.10 Å². The van der Waals surface area contributed by atoms with Crippen molar-refractivity contribution in [2.45, 2.75) is 6.61 Å². The third kappa shape index (κ3) is 5.89. The van der Waals surface area contributed by atoms with Gasteiger partial charge in [-0.3, -0.25) is 4.79 Å². The van der Waals surface area contributed by atoms with Crippen molar-refractivity contribution in [1.29, 1.82) is 0 Å². The molecule has 1 amide bonds. The van der Waals surface area contributed by atoms with Crippen molar-refractivity contribution in [1.82, 2.24) is 5.43 Å². The molecule has 0 heterocycles. The van der Waals surface area contributed by atoms with Crippen LogP contribution in [-0.4, -0.2) is 12.1 Å². The van der Waals surface area contributed by atoms with Crippen LogP contribution in [0.2, 0.25) is 0 Å². The minimum atomic E-state index is -0.268. The van der Waals surface area contributed by atoms with Crippen LogP contribution in [0.4, 0.5) is 0 Å². The van der Waals surface area contributed by atoms with Gasteiger partial charge in [0.1, 0.15) is 12.4 Å². The molecule has 0 aromatic heterocycles. The molecule has 142 valence electrons. The van der Waals surface area contributed by atoms with Crippen molar-refractivity contribution in [3.05, 3.63) is 95.9 Å². The topological polar surface area (TPSA) is 50.7 Å². The van der Waals surface area contributed by atoms with Crippen LogP contribution in [0.5, 0.6) is 5.75 Å². The lowest BCUT2D eigenvalue weighted by molar-refractivity contribution is 0.0955. The first-order valence-electron chi connectivity index (χ1n) is 8.27. The van der Waals surface area contributed by atoms with Crippen LogP contribution >= 0.6 is 54.5 Å². The molecule has 0 unspecified atom stereocenters. The third-order valence-corrected chi connectivity index (χ3v) is 5.44. The number of nitrogens with one attached hydrogen (secondary N) is 1. The van der Waals surface area contributed by atoms with Crippen LogP contribution in [0.1, 0.15) is 21.5 Å². The van der Waals surface area contributed by atoms with E-state index in [9.17, 15) is 4.79 Å². The lowest BCUT2D eigenvalue weighted by atomic mass is 10.2. The highest BCUT2D eigenvalue weighted by atomic mass is 127. The predicted molar refractivity (Wildman–Crippen MR) is 127 cm³/mol. The highest BCUT2D eigenvalue weighted by Crippen LogP contribution is 2.32. The van der Waals surface area contributed by atoms with Gasteiger partial charge in [0.05, 0.1) is 10.7 Å². The quantitative estimate of drug-likeness (QED) is 0.206. The van der Waals surface area contributed by atoms with Crippen molar-refractivity contribution in [2.75, 3.05) is 0 Å². The molecule has 0 saturated heterocycles. The lowest BCUT2D eigenvalue weighted by Crippen LogP contribution is -2.17. The molecule has 0 fully saturated rings. The Bertz CT molecular complexity index is 1010. The number of carbonyl (C=O) groups excluding carboxylic acids is 1. The minimum Gasteiger partial charge on any atom is -0.487 e. The average molecular weight is 614 g/mol. The van der Waals surface area contributed by atoms with Crippen molar-refractivity contribution in [3.8, 4) is 5.75 Å². The van der Waals surface area contributed by atoms with Gasteiger partial charge in [0, 0.05) is 19.2 Å². The summed E-state index contributed by atoms with van der Waals surface area (Å²) in [7, 11) is 0. The molecule has 3 rings (SSSR count). The fraction of sp³-hybridized carbons (Fsp3) is 0.0476. The summed E-state index contributed by atoms with van der Waals surface area (Å²) in [5, 5.41) is 4.10. The number of rotatable bonds is 6. The summed E-state index contributed by atoms with van der Waals surface area (Å²) in [4.78, 5) is 12.2. The second kappa shape index (κ2) is 10.2. The van der Waals surface area contributed by atoms with E-state index in [0.717, 1.165) is 23.6 Å². The molecule has 0 aliphatic heterocycles. The molecule has 1 N–H and O–H groups in total. The Morgan fingerprint density at radius 3 is 2.61 bits per heavy atom. The second-order valence-electron chi connectivity index (χ2n) is 5.79. The lowest BCUT2D eigenvalue weighted by Gasteiger charge is -2.12. The fourth-order valence-corrected chi connectivity index (χ4v) is 4.33. The van der Waals surface area contributed by atoms with Crippen LogP contribution < -0.4 is 10.2 Å². The number of ether oxygens (including phenoxy) is 1. The first-order chi connectivity index (χ1) is 13.5. The molecule has 0 atom stereocenters. The molecule has 3 aromatic rings. The number of amides is 1. The summed E-state index contributed by atoms with van der Waals surface area (Å²) < 4.78 is 8.65. The van der Waals surface area contributed by atoms with Gasteiger partial charge in [-0.05, 0) is 74.4 Å². The first-order valence-corrected chi connectivity index (χ1v) is 10.9. The van der Waals surface area contributed by atoms with Crippen LogP contribution in [0.3, 0.4) is 0 Å². The summed E-state index contributed by atoms with van der Waals surface area (Å²) in [6.07, 6.45) is 1.57. The molecule has 0 aliphatic carbocycles. The van der Waals surface area contributed by atoms with Gasteiger partial charge < -0.3 is 4.74 Å². The largest absolute Gasteiger partial charge is 0.487 e. The minimum absolute atomic E-state index is 0.268. The standard InChI is InChI=1S/C21H15Br2IN2O2/c22-17-9-16(12-25-26-21(27)15-7-4-8-18(24)10-15)20(19(23)11-17)28-13-14-5-2-1-3-6-14/h1-12H,13H2,(H,26,27)/b25-12-. The van der Waals surface area contributed by atoms with E-state index in [0.29, 0.717) is 17.9 Å². The number of nitrogens with zero attached hydrogens (tertiary/aromatic N) is 1. The van der Waals surface area contributed by atoms with E-state index in [4.69, 9.17) is 4.74 Å². The number of hydrogen-bond donors (Lipinski definition) is 1.